The molecule has 0 N–H and O–H groups in total. The van der Waals surface area contributed by atoms with Crippen LogP contribution in [0.1, 0.15) is 29.8 Å². The van der Waals surface area contributed by atoms with Gasteiger partial charge in [-0.15, -0.1) is 11.3 Å². The van der Waals surface area contributed by atoms with Gasteiger partial charge in [0.2, 0.25) is 0 Å². The van der Waals surface area contributed by atoms with Gasteiger partial charge in [0, 0.05) is 4.88 Å². The van der Waals surface area contributed by atoms with E-state index in [1.807, 2.05) is 11.3 Å². The summed E-state index contributed by atoms with van der Waals surface area (Å²) in [7, 11) is 0. The van der Waals surface area contributed by atoms with Gasteiger partial charge >= 0.3 is 0 Å². The molecular weight excluding hydrogens is 222 g/mol. The minimum Gasteiger partial charge on any atom is -0.234 e. The lowest BCUT2D eigenvalue weighted by atomic mass is 10.2. The average molecular weight is 232 g/mol. The fourth-order valence-electron chi connectivity index (χ4n) is 1.50. The predicted octanol–water partition coefficient (Wildman–Crippen LogP) is 3.17. The van der Waals surface area contributed by atoms with Crippen molar-refractivity contribution in [3.8, 4) is 0 Å². The smallest absolute Gasteiger partial charge is 0.159 e. The fraction of sp³-hybridized carbons (Fsp3) is 0.625. The molecule has 11 heavy (non-hydrogen) atoms. The number of aryl methyl sites for hydroxylation is 2. The van der Waals surface area contributed by atoms with Gasteiger partial charge in [0.15, 0.2) is 3.92 Å². The second-order valence-corrected chi connectivity index (χ2v) is 5.26. The molecule has 0 aromatic carbocycles. The summed E-state index contributed by atoms with van der Waals surface area (Å²) in [5, 5.41) is 0. The fourth-order valence-corrected chi connectivity index (χ4v) is 3.17. The zero-order valence-corrected chi connectivity index (χ0v) is 8.67. The van der Waals surface area contributed by atoms with Crippen molar-refractivity contribution in [2.45, 2.75) is 32.1 Å². The van der Waals surface area contributed by atoms with Crippen LogP contribution in [-0.4, -0.2) is 4.98 Å². The molecule has 0 saturated heterocycles. The van der Waals surface area contributed by atoms with Gasteiger partial charge < -0.3 is 0 Å². The Labute approximate surface area is 79.0 Å². The first-order valence-electron chi connectivity index (χ1n) is 4.00. The third-order valence-corrected chi connectivity index (χ3v) is 3.68. The van der Waals surface area contributed by atoms with Crippen molar-refractivity contribution < 1.29 is 0 Å². The lowest BCUT2D eigenvalue weighted by Crippen LogP contribution is -1.85. The van der Waals surface area contributed by atoms with Gasteiger partial charge in [0.05, 0.1) is 5.69 Å². The molecule has 60 valence electrons. The number of hydrogen-bond acceptors (Lipinski definition) is 2. The number of hydrogen-bond donors (Lipinski definition) is 0. The minimum atomic E-state index is 1.06. The maximum Gasteiger partial charge on any atom is 0.159 e. The van der Waals surface area contributed by atoms with E-state index in [2.05, 4.69) is 20.9 Å². The Morgan fingerprint density at radius 1 is 1.18 bits per heavy atom. The van der Waals surface area contributed by atoms with E-state index in [9.17, 15) is 0 Å². The molecule has 0 amide bonds. The van der Waals surface area contributed by atoms with Crippen LogP contribution in [0.5, 0.6) is 0 Å². The van der Waals surface area contributed by atoms with Crippen LogP contribution >= 0.6 is 27.3 Å². The van der Waals surface area contributed by atoms with Crippen molar-refractivity contribution in [2.75, 3.05) is 0 Å². The van der Waals surface area contributed by atoms with Crippen molar-refractivity contribution in [2.24, 2.45) is 0 Å². The number of thiazole rings is 1. The Morgan fingerprint density at radius 2 is 2.00 bits per heavy atom. The highest BCUT2D eigenvalue weighted by Gasteiger charge is 2.11. The Kier molecular flexibility index (Phi) is 2.28. The van der Waals surface area contributed by atoms with Crippen LogP contribution in [0.2, 0.25) is 0 Å². The molecule has 1 aromatic heterocycles. The molecule has 1 aromatic rings. The molecule has 1 nitrogen and oxygen atoms in total. The number of aromatic nitrogens is 1. The summed E-state index contributed by atoms with van der Waals surface area (Å²) in [6.07, 6.45) is 6.49. The van der Waals surface area contributed by atoms with E-state index in [0.29, 0.717) is 0 Å². The maximum absolute atomic E-state index is 4.45. The normalized spacial score (nSPS) is 17.5. The molecule has 0 aliphatic heterocycles. The second kappa shape index (κ2) is 3.23. The van der Waals surface area contributed by atoms with E-state index in [1.165, 1.54) is 42.7 Å². The second-order valence-electron chi connectivity index (χ2n) is 2.90. The standard InChI is InChI=1S/C8H10BrNS/c9-8-10-6-4-2-1-3-5-7(6)11-8/h1-5H2. The molecule has 0 spiro atoms. The van der Waals surface area contributed by atoms with Crippen molar-refractivity contribution in [3.63, 3.8) is 0 Å². The summed E-state index contributed by atoms with van der Waals surface area (Å²) in [6, 6.07) is 0. The van der Waals surface area contributed by atoms with Crippen molar-refractivity contribution in [1.82, 2.24) is 4.98 Å². The van der Waals surface area contributed by atoms with E-state index in [4.69, 9.17) is 0 Å². The summed E-state index contributed by atoms with van der Waals surface area (Å²) < 4.78 is 1.06. The van der Waals surface area contributed by atoms with Gasteiger partial charge in [-0.3, -0.25) is 0 Å². The van der Waals surface area contributed by atoms with Crippen LogP contribution in [0.4, 0.5) is 0 Å². The summed E-state index contributed by atoms with van der Waals surface area (Å²) in [5.41, 5.74) is 1.35. The number of fused-ring (bicyclic) bond motifs is 1. The minimum absolute atomic E-state index is 1.06. The Morgan fingerprint density at radius 3 is 2.91 bits per heavy atom. The van der Waals surface area contributed by atoms with E-state index >= 15 is 0 Å². The number of nitrogens with zero attached hydrogens (tertiary/aromatic N) is 1. The molecule has 3 heteroatoms. The summed E-state index contributed by atoms with van der Waals surface area (Å²) in [5.74, 6) is 0. The van der Waals surface area contributed by atoms with Gasteiger partial charge in [-0.05, 0) is 41.6 Å². The zero-order valence-electron chi connectivity index (χ0n) is 6.27. The van der Waals surface area contributed by atoms with Crippen LogP contribution < -0.4 is 0 Å². The van der Waals surface area contributed by atoms with E-state index in [-0.39, 0.29) is 0 Å². The molecule has 1 aliphatic rings. The largest absolute Gasteiger partial charge is 0.234 e. The van der Waals surface area contributed by atoms with E-state index in [1.54, 1.807) is 0 Å². The topological polar surface area (TPSA) is 12.9 Å². The third kappa shape index (κ3) is 1.64. The highest BCUT2D eigenvalue weighted by molar-refractivity contribution is 9.11. The molecule has 1 aliphatic carbocycles. The molecule has 2 rings (SSSR count). The van der Waals surface area contributed by atoms with Crippen molar-refractivity contribution in [3.05, 3.63) is 14.5 Å². The highest BCUT2D eigenvalue weighted by Crippen LogP contribution is 2.28. The molecule has 0 unspecified atom stereocenters. The summed E-state index contributed by atoms with van der Waals surface area (Å²) in [4.78, 5) is 5.96. The van der Waals surface area contributed by atoms with Crippen LogP contribution in [0.3, 0.4) is 0 Å². The predicted molar refractivity (Wildman–Crippen MR) is 51.1 cm³/mol. The SMILES string of the molecule is Brc1nc2c(s1)CCCCC2. The molecule has 0 bridgehead atoms. The van der Waals surface area contributed by atoms with Gasteiger partial charge in [0.25, 0.3) is 0 Å². The maximum atomic E-state index is 4.45. The molecule has 1 heterocycles. The van der Waals surface area contributed by atoms with Gasteiger partial charge in [-0.1, -0.05) is 6.42 Å². The van der Waals surface area contributed by atoms with Crippen molar-refractivity contribution in [1.29, 1.82) is 0 Å². The number of rotatable bonds is 0. The Bertz CT molecular complexity index is 233. The van der Waals surface area contributed by atoms with Gasteiger partial charge in [-0.25, -0.2) is 4.98 Å². The molecule has 0 fully saturated rings. The first-order valence-corrected chi connectivity index (χ1v) is 5.61. The average Bonchev–Trinajstić information content (AvgIpc) is 2.17. The molecule has 0 radical (unpaired) electrons. The Balaban J connectivity index is 2.32. The first kappa shape index (κ1) is 7.74. The van der Waals surface area contributed by atoms with Crippen molar-refractivity contribution >= 4 is 27.3 Å². The van der Waals surface area contributed by atoms with Gasteiger partial charge in [-0.2, -0.15) is 0 Å². The van der Waals surface area contributed by atoms with E-state index in [0.717, 1.165) is 3.92 Å². The molecular formula is C8H10BrNS. The van der Waals surface area contributed by atoms with Crippen LogP contribution in [0, 0.1) is 0 Å². The zero-order chi connectivity index (χ0) is 7.68. The first-order chi connectivity index (χ1) is 5.36. The van der Waals surface area contributed by atoms with Gasteiger partial charge in [0.1, 0.15) is 0 Å². The van der Waals surface area contributed by atoms with E-state index < -0.39 is 0 Å². The number of halogens is 1. The molecule has 0 atom stereocenters. The summed E-state index contributed by atoms with van der Waals surface area (Å²) in [6.45, 7) is 0. The lowest BCUT2D eigenvalue weighted by Gasteiger charge is -1.90. The lowest BCUT2D eigenvalue weighted by molar-refractivity contribution is 0.708. The van der Waals surface area contributed by atoms with Crippen LogP contribution in [0.25, 0.3) is 0 Å². The van der Waals surface area contributed by atoms with Crippen LogP contribution in [-0.2, 0) is 12.8 Å². The van der Waals surface area contributed by atoms with Crippen LogP contribution in [0.15, 0.2) is 3.92 Å². The molecule has 0 saturated carbocycles. The quantitative estimate of drug-likeness (QED) is 0.626. The Hall–Kier alpha value is 0.110. The monoisotopic (exact) mass is 231 g/mol. The third-order valence-electron chi connectivity index (χ3n) is 2.07. The summed E-state index contributed by atoms with van der Waals surface area (Å²) >= 11 is 5.23. The highest BCUT2D eigenvalue weighted by atomic mass is 79.9.